The molecule has 0 aliphatic carbocycles. The Balaban J connectivity index is 1.78. The lowest BCUT2D eigenvalue weighted by Gasteiger charge is -2.14. The van der Waals surface area contributed by atoms with Gasteiger partial charge in [0.15, 0.2) is 5.15 Å². The zero-order chi connectivity index (χ0) is 18.1. The van der Waals surface area contributed by atoms with E-state index in [1.54, 1.807) is 6.07 Å². The summed E-state index contributed by atoms with van der Waals surface area (Å²) in [6.45, 7) is 1.77. The van der Waals surface area contributed by atoms with Gasteiger partial charge in [0.2, 0.25) is 5.91 Å². The maximum atomic E-state index is 14.4. The first-order chi connectivity index (χ1) is 11.8. The Labute approximate surface area is 152 Å². The molecule has 2 N–H and O–H groups in total. The lowest BCUT2D eigenvalue weighted by molar-refractivity contribution is -0.119. The van der Waals surface area contributed by atoms with E-state index in [-0.39, 0.29) is 40.7 Å². The van der Waals surface area contributed by atoms with Crippen LogP contribution in [0.2, 0.25) is 10.3 Å². The van der Waals surface area contributed by atoms with Crippen molar-refractivity contribution in [3.63, 3.8) is 0 Å². The lowest BCUT2D eigenvalue weighted by Crippen LogP contribution is -2.33. The summed E-state index contributed by atoms with van der Waals surface area (Å²) in [5.74, 6) is -0.634. The molecule has 1 aromatic heterocycles. The molecule has 10 heteroatoms. The van der Waals surface area contributed by atoms with Crippen LogP contribution in [-0.2, 0) is 9.53 Å². The Morgan fingerprint density at radius 2 is 2.28 bits per heavy atom. The number of aromatic amines is 1. The van der Waals surface area contributed by atoms with Gasteiger partial charge in [-0.3, -0.25) is 9.69 Å². The highest BCUT2D eigenvalue weighted by atomic mass is 35.5. The van der Waals surface area contributed by atoms with Gasteiger partial charge in [0.25, 0.3) is 0 Å². The van der Waals surface area contributed by atoms with Gasteiger partial charge in [0, 0.05) is 6.92 Å². The largest absolute Gasteiger partial charge is 0.442 e. The Kier molecular flexibility index (Phi) is 4.82. The Morgan fingerprint density at radius 1 is 1.52 bits per heavy atom. The Hall–Kier alpha value is -2.32. The highest BCUT2D eigenvalue weighted by Crippen LogP contribution is 2.30. The molecule has 1 atom stereocenters. The van der Waals surface area contributed by atoms with Crippen molar-refractivity contribution in [3.8, 4) is 11.4 Å². The fourth-order valence-electron chi connectivity index (χ4n) is 2.42. The van der Waals surface area contributed by atoms with Crippen molar-refractivity contribution in [1.82, 2.24) is 15.3 Å². The molecule has 1 aromatic carbocycles. The van der Waals surface area contributed by atoms with Gasteiger partial charge in [-0.25, -0.2) is 14.2 Å². The maximum absolute atomic E-state index is 14.4. The van der Waals surface area contributed by atoms with Crippen molar-refractivity contribution >= 4 is 40.9 Å². The van der Waals surface area contributed by atoms with E-state index in [1.807, 2.05) is 0 Å². The number of halogens is 3. The molecule has 1 aliphatic heterocycles. The average Bonchev–Trinajstić information content (AvgIpc) is 3.08. The molecule has 1 fully saturated rings. The molecule has 0 unspecified atom stereocenters. The third-order valence-corrected chi connectivity index (χ3v) is 4.24. The Morgan fingerprint density at radius 3 is 2.88 bits per heavy atom. The number of cyclic esters (lactones) is 1. The van der Waals surface area contributed by atoms with Crippen LogP contribution in [0, 0.1) is 5.82 Å². The average molecular weight is 387 g/mol. The third kappa shape index (κ3) is 3.69. The second kappa shape index (κ2) is 6.89. The van der Waals surface area contributed by atoms with Gasteiger partial charge in [0.05, 0.1) is 24.3 Å². The number of nitrogens with zero attached hydrogens (tertiary/aromatic N) is 2. The SMILES string of the molecule is CC(=O)NC[C@H]1CN(c2ccc(-c3nc(Cl)c(Cl)[nH]3)c(F)c2)C(=O)O1. The van der Waals surface area contributed by atoms with Crippen LogP contribution in [0.4, 0.5) is 14.9 Å². The van der Waals surface area contributed by atoms with Crippen LogP contribution in [0.25, 0.3) is 11.4 Å². The van der Waals surface area contributed by atoms with Crippen LogP contribution in [0.3, 0.4) is 0 Å². The second-order valence-corrected chi connectivity index (χ2v) is 6.14. The van der Waals surface area contributed by atoms with Crippen molar-refractivity contribution in [2.45, 2.75) is 13.0 Å². The number of nitrogens with one attached hydrogen (secondary N) is 2. The summed E-state index contributed by atoms with van der Waals surface area (Å²) in [5.41, 5.74) is 0.500. The van der Waals surface area contributed by atoms with E-state index in [1.165, 1.54) is 24.0 Å². The summed E-state index contributed by atoms with van der Waals surface area (Å²) < 4.78 is 19.6. The number of imidazole rings is 1. The number of amides is 2. The topological polar surface area (TPSA) is 87.3 Å². The standard InChI is InChI=1S/C15H13Cl2FN4O3/c1-7(23)19-5-9-6-22(15(24)25-9)8-2-3-10(11(18)4-8)14-20-12(16)13(17)21-14/h2-4,9H,5-6H2,1H3,(H,19,23)(H,20,21)/t9-/m0/s1. The summed E-state index contributed by atoms with van der Waals surface area (Å²) in [6.07, 6.45) is -1.10. The minimum absolute atomic E-state index is 0.0454. The van der Waals surface area contributed by atoms with E-state index in [2.05, 4.69) is 15.3 Å². The zero-order valence-electron chi connectivity index (χ0n) is 13.0. The predicted octanol–water partition coefficient (Wildman–Crippen LogP) is 2.98. The molecule has 0 spiro atoms. The highest BCUT2D eigenvalue weighted by molar-refractivity contribution is 6.40. The first-order valence-corrected chi connectivity index (χ1v) is 8.04. The molecule has 2 amide bonds. The summed E-state index contributed by atoms with van der Waals surface area (Å²) >= 11 is 11.5. The highest BCUT2D eigenvalue weighted by Gasteiger charge is 2.32. The van der Waals surface area contributed by atoms with E-state index in [0.717, 1.165) is 0 Å². The number of hydrogen-bond donors (Lipinski definition) is 2. The van der Waals surface area contributed by atoms with Crippen molar-refractivity contribution in [2.24, 2.45) is 0 Å². The van der Waals surface area contributed by atoms with Gasteiger partial charge in [-0.1, -0.05) is 23.2 Å². The normalized spacial score (nSPS) is 16.9. The molecule has 2 heterocycles. The number of rotatable bonds is 4. The van der Waals surface area contributed by atoms with E-state index < -0.39 is 18.0 Å². The third-order valence-electron chi connectivity index (χ3n) is 3.59. The molecule has 132 valence electrons. The molecule has 2 aromatic rings. The first-order valence-electron chi connectivity index (χ1n) is 7.28. The zero-order valence-corrected chi connectivity index (χ0v) is 14.5. The van der Waals surface area contributed by atoms with Gasteiger partial charge in [-0.05, 0) is 18.2 Å². The summed E-state index contributed by atoms with van der Waals surface area (Å²) in [5, 5.41) is 2.74. The number of carbonyl (C=O) groups excluding carboxylic acids is 2. The summed E-state index contributed by atoms with van der Waals surface area (Å²) in [4.78, 5) is 30.8. The molecule has 25 heavy (non-hydrogen) atoms. The van der Waals surface area contributed by atoms with Gasteiger partial charge in [0.1, 0.15) is 22.9 Å². The van der Waals surface area contributed by atoms with Crippen LogP contribution in [0.5, 0.6) is 0 Å². The van der Waals surface area contributed by atoms with Gasteiger partial charge in [-0.2, -0.15) is 0 Å². The van der Waals surface area contributed by atoms with Crippen LogP contribution >= 0.6 is 23.2 Å². The van der Waals surface area contributed by atoms with Crippen molar-refractivity contribution in [1.29, 1.82) is 0 Å². The molecule has 1 aliphatic rings. The fraction of sp³-hybridized carbons (Fsp3) is 0.267. The lowest BCUT2D eigenvalue weighted by atomic mass is 10.1. The summed E-state index contributed by atoms with van der Waals surface area (Å²) in [7, 11) is 0. The van der Waals surface area contributed by atoms with Crippen LogP contribution in [0.15, 0.2) is 18.2 Å². The van der Waals surface area contributed by atoms with Crippen LogP contribution in [-0.4, -0.2) is 41.2 Å². The summed E-state index contributed by atoms with van der Waals surface area (Å²) in [6, 6.07) is 4.22. The molecule has 0 saturated carbocycles. The van der Waals surface area contributed by atoms with Gasteiger partial charge in [-0.15, -0.1) is 0 Å². The van der Waals surface area contributed by atoms with E-state index in [0.29, 0.717) is 5.69 Å². The predicted molar refractivity (Wildman–Crippen MR) is 90.3 cm³/mol. The molecule has 1 saturated heterocycles. The molecule has 7 nitrogen and oxygen atoms in total. The molecular weight excluding hydrogens is 374 g/mol. The van der Waals surface area contributed by atoms with Crippen LogP contribution in [0.1, 0.15) is 6.92 Å². The Bertz CT molecular complexity index is 823. The first kappa shape index (κ1) is 17.5. The second-order valence-electron chi connectivity index (χ2n) is 5.41. The number of carbonyl (C=O) groups is 2. The monoisotopic (exact) mass is 386 g/mol. The van der Waals surface area contributed by atoms with Gasteiger partial charge >= 0.3 is 6.09 Å². The van der Waals surface area contributed by atoms with Crippen molar-refractivity contribution < 1.29 is 18.7 Å². The van der Waals surface area contributed by atoms with Crippen molar-refractivity contribution in [3.05, 3.63) is 34.3 Å². The number of anilines is 1. The van der Waals surface area contributed by atoms with Crippen molar-refractivity contribution in [2.75, 3.05) is 18.0 Å². The molecule has 0 bridgehead atoms. The van der Waals surface area contributed by atoms with E-state index in [4.69, 9.17) is 27.9 Å². The van der Waals surface area contributed by atoms with E-state index in [9.17, 15) is 14.0 Å². The smallest absolute Gasteiger partial charge is 0.414 e. The quantitative estimate of drug-likeness (QED) is 0.845. The maximum Gasteiger partial charge on any atom is 0.414 e. The minimum atomic E-state index is -0.605. The van der Waals surface area contributed by atoms with Gasteiger partial charge < -0.3 is 15.0 Å². The molecule has 3 rings (SSSR count). The number of ether oxygens (including phenoxy) is 1. The van der Waals surface area contributed by atoms with E-state index >= 15 is 0 Å². The molecule has 0 radical (unpaired) electrons. The number of hydrogen-bond acceptors (Lipinski definition) is 4. The number of aromatic nitrogens is 2. The number of benzene rings is 1. The molecular formula is C15H13Cl2FN4O3. The van der Waals surface area contributed by atoms with Crippen LogP contribution < -0.4 is 10.2 Å². The fourth-order valence-corrected chi connectivity index (χ4v) is 2.68. The number of H-pyrrole nitrogens is 1. The minimum Gasteiger partial charge on any atom is -0.442 e.